The lowest BCUT2D eigenvalue weighted by molar-refractivity contribution is -0.114. The molecular weight excluding hydrogens is 144 g/mol. The van der Waals surface area contributed by atoms with Gasteiger partial charge in [-0.15, -0.1) is 0 Å². The van der Waals surface area contributed by atoms with E-state index < -0.39 is 5.91 Å². The third-order valence-electron chi connectivity index (χ3n) is 1.34. The van der Waals surface area contributed by atoms with Gasteiger partial charge in [0.2, 0.25) is 0 Å². The number of carbonyl (C=O) groups is 1. The zero-order valence-corrected chi connectivity index (χ0v) is 5.85. The van der Waals surface area contributed by atoms with Gasteiger partial charge in [-0.05, 0) is 0 Å². The van der Waals surface area contributed by atoms with Crippen LogP contribution in [-0.2, 0) is 4.79 Å². The highest BCUT2D eigenvalue weighted by atomic mass is 16.1. The molecule has 0 bridgehead atoms. The topological polar surface area (TPSA) is 90.9 Å². The molecule has 5 heteroatoms. The maximum atomic E-state index is 10.6. The second kappa shape index (κ2) is 2.92. The van der Waals surface area contributed by atoms with Crippen LogP contribution in [0.5, 0.6) is 0 Å². The lowest BCUT2D eigenvalue weighted by Gasteiger charge is -1.99. The fourth-order valence-corrected chi connectivity index (χ4v) is 0.848. The number of carbonyl (C=O) groups excluding carboxylic acids is 1. The maximum absolute atomic E-state index is 10.6. The Morgan fingerprint density at radius 3 is 2.45 bits per heavy atom. The molecule has 5 nitrogen and oxygen atoms in total. The van der Waals surface area contributed by atoms with E-state index in [0.29, 0.717) is 18.9 Å². The van der Waals surface area contributed by atoms with Crippen molar-refractivity contribution >= 4 is 5.91 Å². The van der Waals surface area contributed by atoms with Crippen molar-refractivity contribution in [1.29, 1.82) is 5.26 Å². The Balaban J connectivity index is 2.90. The maximum Gasteiger partial charge on any atom is 0.263 e. The Morgan fingerprint density at radius 1 is 1.55 bits per heavy atom. The number of primary amides is 1. The summed E-state index contributed by atoms with van der Waals surface area (Å²) >= 11 is 0. The quantitative estimate of drug-likeness (QED) is 0.312. The van der Waals surface area contributed by atoms with Crippen molar-refractivity contribution in [3.05, 3.63) is 11.4 Å². The number of nitrogens with one attached hydrogen (secondary N) is 2. The molecule has 1 rings (SSSR count). The predicted molar refractivity (Wildman–Crippen MR) is 37.8 cm³/mol. The molecule has 4 N–H and O–H groups in total. The summed E-state index contributed by atoms with van der Waals surface area (Å²) in [6, 6.07) is 1.72. The first-order valence-corrected chi connectivity index (χ1v) is 3.17. The van der Waals surface area contributed by atoms with E-state index in [0.717, 1.165) is 0 Å². The van der Waals surface area contributed by atoms with Crippen molar-refractivity contribution in [2.75, 3.05) is 13.1 Å². The van der Waals surface area contributed by atoms with Gasteiger partial charge < -0.3 is 16.4 Å². The highest BCUT2D eigenvalue weighted by Gasteiger charge is 2.14. The first-order chi connectivity index (χ1) is 5.25. The third-order valence-corrected chi connectivity index (χ3v) is 1.34. The van der Waals surface area contributed by atoms with Crippen molar-refractivity contribution in [3.8, 4) is 6.07 Å². The average Bonchev–Trinajstić information content (AvgIpc) is 2.40. The minimum Gasteiger partial charge on any atom is -0.369 e. The van der Waals surface area contributed by atoms with E-state index >= 15 is 0 Å². The molecule has 0 aromatic carbocycles. The SMILES string of the molecule is N#CC(C(N)=O)=C1NCCN1. The van der Waals surface area contributed by atoms with Gasteiger partial charge in [0.15, 0.2) is 5.57 Å². The fraction of sp³-hybridized carbons (Fsp3) is 0.333. The normalized spacial score (nSPS) is 14.6. The number of rotatable bonds is 1. The van der Waals surface area contributed by atoms with Crippen LogP contribution in [0.3, 0.4) is 0 Å². The Morgan fingerprint density at radius 2 is 2.09 bits per heavy atom. The van der Waals surface area contributed by atoms with Crippen LogP contribution in [0.25, 0.3) is 0 Å². The van der Waals surface area contributed by atoms with Gasteiger partial charge in [-0.1, -0.05) is 0 Å². The minimum atomic E-state index is -0.704. The van der Waals surface area contributed by atoms with Crippen molar-refractivity contribution < 1.29 is 4.79 Å². The summed E-state index contributed by atoms with van der Waals surface area (Å²) in [4.78, 5) is 10.6. The molecule has 0 spiro atoms. The van der Waals surface area contributed by atoms with E-state index in [-0.39, 0.29) is 5.57 Å². The van der Waals surface area contributed by atoms with Crippen LogP contribution in [0, 0.1) is 11.3 Å². The molecule has 0 unspecified atom stereocenters. The Hall–Kier alpha value is -1.70. The molecule has 0 aromatic heterocycles. The van der Waals surface area contributed by atoms with Crippen molar-refractivity contribution in [2.24, 2.45) is 5.73 Å². The summed E-state index contributed by atoms with van der Waals surface area (Å²) in [7, 11) is 0. The lowest BCUT2D eigenvalue weighted by Crippen LogP contribution is -2.22. The van der Waals surface area contributed by atoms with E-state index in [2.05, 4.69) is 10.6 Å². The Labute approximate surface area is 63.9 Å². The summed E-state index contributed by atoms with van der Waals surface area (Å²) in [6.07, 6.45) is 0. The standard InChI is InChI=1S/C6H8N4O/c7-3-4(5(8)11)6-9-1-2-10-6/h9-10H,1-2H2,(H2,8,11). The highest BCUT2D eigenvalue weighted by molar-refractivity contribution is 5.96. The van der Waals surface area contributed by atoms with Crippen molar-refractivity contribution in [3.63, 3.8) is 0 Å². The molecule has 0 radical (unpaired) electrons. The smallest absolute Gasteiger partial charge is 0.263 e. The van der Waals surface area contributed by atoms with Gasteiger partial charge in [0.1, 0.15) is 11.9 Å². The van der Waals surface area contributed by atoms with Gasteiger partial charge >= 0.3 is 0 Å². The van der Waals surface area contributed by atoms with Crippen LogP contribution < -0.4 is 16.4 Å². The zero-order chi connectivity index (χ0) is 8.27. The summed E-state index contributed by atoms with van der Waals surface area (Å²) in [5.41, 5.74) is 4.89. The van der Waals surface area contributed by atoms with E-state index in [4.69, 9.17) is 11.0 Å². The number of hydrogen-bond acceptors (Lipinski definition) is 4. The van der Waals surface area contributed by atoms with Crippen LogP contribution in [0.15, 0.2) is 11.4 Å². The van der Waals surface area contributed by atoms with Gasteiger partial charge in [0.05, 0.1) is 0 Å². The molecule has 11 heavy (non-hydrogen) atoms. The first-order valence-electron chi connectivity index (χ1n) is 3.17. The summed E-state index contributed by atoms with van der Waals surface area (Å²) < 4.78 is 0. The number of amides is 1. The highest BCUT2D eigenvalue weighted by Crippen LogP contribution is 1.98. The molecular formula is C6H8N4O. The zero-order valence-electron chi connectivity index (χ0n) is 5.85. The molecule has 1 heterocycles. The monoisotopic (exact) mass is 152 g/mol. The minimum absolute atomic E-state index is 0.0394. The van der Waals surface area contributed by atoms with Crippen LogP contribution in [0.4, 0.5) is 0 Å². The van der Waals surface area contributed by atoms with Crippen molar-refractivity contribution in [2.45, 2.75) is 0 Å². The summed E-state index contributed by atoms with van der Waals surface area (Å²) in [5, 5.41) is 14.1. The molecule has 1 amide bonds. The van der Waals surface area contributed by atoms with Gasteiger partial charge in [0, 0.05) is 13.1 Å². The van der Waals surface area contributed by atoms with Crippen molar-refractivity contribution in [1.82, 2.24) is 10.6 Å². The summed E-state index contributed by atoms with van der Waals surface area (Å²) in [6.45, 7) is 1.43. The Bertz CT molecular complexity index is 242. The molecule has 0 atom stereocenters. The number of nitrogens with zero attached hydrogens (tertiary/aromatic N) is 1. The van der Waals surface area contributed by atoms with Gasteiger partial charge in [-0.3, -0.25) is 4.79 Å². The van der Waals surface area contributed by atoms with E-state index in [1.165, 1.54) is 0 Å². The second-order valence-corrected chi connectivity index (χ2v) is 2.08. The number of nitrogens with two attached hydrogens (primary N) is 1. The molecule has 1 saturated heterocycles. The largest absolute Gasteiger partial charge is 0.369 e. The fourth-order valence-electron chi connectivity index (χ4n) is 0.848. The molecule has 1 aliphatic rings. The van der Waals surface area contributed by atoms with E-state index in [1.807, 2.05) is 0 Å². The molecule has 1 aliphatic heterocycles. The number of hydrogen-bond donors (Lipinski definition) is 3. The molecule has 0 aliphatic carbocycles. The van der Waals surface area contributed by atoms with Crippen LogP contribution >= 0.6 is 0 Å². The van der Waals surface area contributed by atoms with Crippen LogP contribution in [0.1, 0.15) is 0 Å². The van der Waals surface area contributed by atoms with Crippen LogP contribution in [-0.4, -0.2) is 19.0 Å². The molecule has 1 fully saturated rings. The van der Waals surface area contributed by atoms with E-state index in [9.17, 15) is 4.79 Å². The van der Waals surface area contributed by atoms with Gasteiger partial charge in [0.25, 0.3) is 5.91 Å². The Kier molecular flexibility index (Phi) is 1.97. The molecule has 0 aromatic rings. The third kappa shape index (κ3) is 1.41. The summed E-state index contributed by atoms with van der Waals surface area (Å²) in [5.74, 6) is -0.260. The molecule has 0 saturated carbocycles. The first kappa shape index (κ1) is 7.41. The van der Waals surface area contributed by atoms with Crippen LogP contribution in [0.2, 0.25) is 0 Å². The van der Waals surface area contributed by atoms with Gasteiger partial charge in [-0.25, -0.2) is 0 Å². The second-order valence-electron chi connectivity index (χ2n) is 2.08. The van der Waals surface area contributed by atoms with Gasteiger partial charge in [-0.2, -0.15) is 5.26 Å². The predicted octanol–water partition coefficient (Wildman–Crippen LogP) is -1.60. The average molecular weight is 152 g/mol. The lowest BCUT2D eigenvalue weighted by atomic mass is 10.3. The number of nitriles is 1. The van der Waals surface area contributed by atoms with E-state index in [1.54, 1.807) is 6.07 Å². The molecule has 58 valence electrons.